The van der Waals surface area contributed by atoms with Gasteiger partial charge in [-0.2, -0.15) is 13.2 Å². The summed E-state index contributed by atoms with van der Waals surface area (Å²) < 4.78 is 51.7. The maximum Gasteiger partial charge on any atom is 0.416 e. The molecule has 0 fully saturated rings. The normalized spacial score (nSPS) is 15.3. The van der Waals surface area contributed by atoms with E-state index in [4.69, 9.17) is 11.6 Å². The van der Waals surface area contributed by atoms with E-state index in [1.165, 1.54) is 29.5 Å². The molecule has 0 aliphatic carbocycles. The van der Waals surface area contributed by atoms with E-state index in [0.717, 1.165) is 29.7 Å². The van der Waals surface area contributed by atoms with Gasteiger partial charge in [0.2, 0.25) is 13.3 Å². The Hall–Kier alpha value is -2.12. The smallest absolute Gasteiger partial charge is 0.344 e. The van der Waals surface area contributed by atoms with Crippen LogP contribution in [0.2, 0.25) is 5.02 Å². The average molecular weight is 474 g/mol. The zero-order valence-electron chi connectivity index (χ0n) is 15.5. The zero-order valence-corrected chi connectivity index (χ0v) is 17.9. The van der Waals surface area contributed by atoms with E-state index in [-0.39, 0.29) is 5.56 Å². The van der Waals surface area contributed by atoms with Crippen molar-refractivity contribution in [2.75, 3.05) is 6.66 Å². The first kappa shape index (κ1) is 22.6. The first-order chi connectivity index (χ1) is 14.0. The second kappa shape index (κ2) is 8.55. The quantitative estimate of drug-likeness (QED) is 0.427. The topological polar surface area (TPSA) is 66.4 Å². The Morgan fingerprint density at radius 2 is 2.00 bits per heavy atom. The molecule has 0 bridgehead atoms. The summed E-state index contributed by atoms with van der Waals surface area (Å²) in [6.07, 6.45) is -2.04. The number of thiophene rings is 1. The molecule has 2 N–H and O–H groups in total. The highest BCUT2D eigenvalue weighted by Crippen LogP contribution is 2.54. The van der Waals surface area contributed by atoms with Crippen molar-refractivity contribution in [2.24, 2.45) is 0 Å². The molecular formula is C20H16ClF3NO3PS. The average Bonchev–Trinajstić information content (AvgIpc) is 3.03. The molecule has 0 aliphatic heterocycles. The van der Waals surface area contributed by atoms with Crippen LogP contribution >= 0.6 is 30.3 Å². The number of alkyl halides is 3. The van der Waals surface area contributed by atoms with Gasteiger partial charge in [0, 0.05) is 22.6 Å². The fourth-order valence-corrected chi connectivity index (χ4v) is 5.45. The molecule has 1 heterocycles. The summed E-state index contributed by atoms with van der Waals surface area (Å²) in [6.45, 7) is 1.09. The Morgan fingerprint density at radius 1 is 1.27 bits per heavy atom. The Kier molecular flexibility index (Phi) is 6.43. The molecule has 1 aromatic heterocycles. The van der Waals surface area contributed by atoms with Crippen LogP contribution in [0.25, 0.3) is 16.2 Å². The highest BCUT2D eigenvalue weighted by Gasteiger charge is 2.36. The van der Waals surface area contributed by atoms with Gasteiger partial charge in [-0.1, -0.05) is 23.7 Å². The maximum absolute atomic E-state index is 12.8. The largest absolute Gasteiger partial charge is 0.416 e. The Balaban J connectivity index is 1.86. The van der Waals surface area contributed by atoms with E-state index in [9.17, 15) is 27.4 Å². The van der Waals surface area contributed by atoms with Crippen molar-refractivity contribution < 1.29 is 27.4 Å². The van der Waals surface area contributed by atoms with Gasteiger partial charge in [0.1, 0.15) is 5.66 Å². The Morgan fingerprint density at radius 3 is 2.67 bits per heavy atom. The van der Waals surface area contributed by atoms with Crippen molar-refractivity contribution in [3.63, 3.8) is 0 Å². The summed E-state index contributed by atoms with van der Waals surface area (Å²) in [4.78, 5) is 22.9. The summed E-state index contributed by atoms with van der Waals surface area (Å²) in [5.41, 5.74) is -1.58. The van der Waals surface area contributed by atoms with Gasteiger partial charge < -0.3 is 10.2 Å². The number of halogens is 4. The van der Waals surface area contributed by atoms with Gasteiger partial charge >= 0.3 is 6.18 Å². The lowest BCUT2D eigenvalue weighted by Crippen LogP contribution is -2.25. The molecule has 3 rings (SSSR count). The highest BCUT2D eigenvalue weighted by atomic mass is 35.5. The summed E-state index contributed by atoms with van der Waals surface area (Å²) >= 11 is 7.34. The lowest BCUT2D eigenvalue weighted by atomic mass is 10.1. The molecule has 2 aromatic carbocycles. The predicted molar refractivity (Wildman–Crippen MR) is 114 cm³/mol. The number of hydrogen-bond acceptors (Lipinski definition) is 3. The Bertz CT molecular complexity index is 1170. The third-order valence-corrected chi connectivity index (χ3v) is 6.99. The van der Waals surface area contributed by atoms with Gasteiger partial charge in [0.05, 0.1) is 5.56 Å². The monoisotopic (exact) mass is 473 g/mol. The number of carbonyl (C=O) groups excluding carboxylic acids is 1. The number of hydrogen-bond donors (Lipinski definition) is 2. The van der Waals surface area contributed by atoms with Crippen LogP contribution in [0.1, 0.15) is 22.3 Å². The summed E-state index contributed by atoms with van der Waals surface area (Å²) in [7, 11) is -3.91. The third kappa shape index (κ3) is 5.13. The van der Waals surface area contributed by atoms with E-state index in [0.29, 0.717) is 16.0 Å². The molecule has 158 valence electrons. The molecule has 2 unspecified atom stereocenters. The molecule has 0 radical (unpaired) electrons. The van der Waals surface area contributed by atoms with Crippen molar-refractivity contribution in [1.82, 2.24) is 5.32 Å². The van der Waals surface area contributed by atoms with Crippen LogP contribution in [0.3, 0.4) is 0 Å². The van der Waals surface area contributed by atoms with Gasteiger partial charge in [-0.25, -0.2) is 0 Å². The molecule has 0 saturated carbocycles. The van der Waals surface area contributed by atoms with Crippen molar-refractivity contribution in [3.8, 4) is 0 Å². The fourth-order valence-electron chi connectivity index (χ4n) is 2.97. The third-order valence-electron chi connectivity index (χ3n) is 4.30. The fraction of sp³-hybridized carbons (Fsp3) is 0.150. The number of benzene rings is 2. The van der Waals surface area contributed by atoms with Gasteiger partial charge in [0.25, 0.3) is 0 Å². The van der Waals surface area contributed by atoms with Crippen LogP contribution in [-0.4, -0.2) is 17.5 Å². The van der Waals surface area contributed by atoms with Gasteiger partial charge in [0.15, 0.2) is 0 Å². The van der Waals surface area contributed by atoms with E-state index in [1.807, 2.05) is 0 Å². The van der Waals surface area contributed by atoms with Crippen LogP contribution in [-0.2, 0) is 15.5 Å². The molecule has 1 amide bonds. The predicted octanol–water partition coefficient (Wildman–Crippen LogP) is 6.30. The van der Waals surface area contributed by atoms with E-state index in [1.54, 1.807) is 23.6 Å². The first-order valence-corrected chi connectivity index (χ1v) is 12.0. The van der Waals surface area contributed by atoms with E-state index < -0.39 is 30.7 Å². The molecule has 3 aromatic rings. The SMILES string of the molecule is CP(=O)(O)C(C(=O)NC=Cc1cccc(C(F)(F)F)c1)c1csc2ccc(Cl)cc12. The van der Waals surface area contributed by atoms with Gasteiger partial charge in [-0.3, -0.25) is 9.36 Å². The number of carbonyl (C=O) groups is 1. The van der Waals surface area contributed by atoms with Crippen LogP contribution in [0.15, 0.2) is 54.0 Å². The lowest BCUT2D eigenvalue weighted by Gasteiger charge is -2.18. The second-order valence-electron chi connectivity index (χ2n) is 6.64. The molecule has 0 saturated heterocycles. The van der Waals surface area contributed by atoms with E-state index >= 15 is 0 Å². The van der Waals surface area contributed by atoms with Crippen LogP contribution in [0, 0.1) is 0 Å². The van der Waals surface area contributed by atoms with Crippen molar-refractivity contribution >= 4 is 52.4 Å². The minimum absolute atomic E-state index is 0.220. The summed E-state index contributed by atoms with van der Waals surface area (Å²) in [6, 6.07) is 9.64. The number of rotatable bonds is 5. The highest BCUT2D eigenvalue weighted by molar-refractivity contribution is 7.58. The number of nitrogens with one attached hydrogen (secondary N) is 1. The lowest BCUT2D eigenvalue weighted by molar-refractivity contribution is -0.137. The van der Waals surface area contributed by atoms with Crippen molar-refractivity contribution in [2.45, 2.75) is 11.8 Å². The summed E-state index contributed by atoms with van der Waals surface area (Å²) in [5.74, 6) is -0.744. The zero-order chi connectivity index (χ0) is 22.1. The summed E-state index contributed by atoms with van der Waals surface area (Å²) in [5, 5.41) is 5.06. The first-order valence-electron chi connectivity index (χ1n) is 8.57. The van der Waals surface area contributed by atoms with E-state index in [2.05, 4.69) is 5.32 Å². The molecule has 2 atom stereocenters. The van der Waals surface area contributed by atoms with Crippen LogP contribution in [0.4, 0.5) is 13.2 Å². The molecule has 0 spiro atoms. The molecule has 30 heavy (non-hydrogen) atoms. The number of amides is 1. The Labute approximate surface area is 179 Å². The second-order valence-corrected chi connectivity index (χ2v) is 10.4. The molecule has 0 aliphatic rings. The van der Waals surface area contributed by atoms with Gasteiger partial charge in [-0.05, 0) is 58.3 Å². The molecule has 4 nitrogen and oxygen atoms in total. The van der Waals surface area contributed by atoms with Crippen LogP contribution < -0.4 is 5.32 Å². The van der Waals surface area contributed by atoms with Crippen LogP contribution in [0.5, 0.6) is 0 Å². The van der Waals surface area contributed by atoms with Crippen molar-refractivity contribution in [1.29, 1.82) is 0 Å². The maximum atomic E-state index is 12.8. The minimum atomic E-state index is -4.48. The van der Waals surface area contributed by atoms with Gasteiger partial charge in [-0.15, -0.1) is 11.3 Å². The molecular weight excluding hydrogens is 458 g/mol. The minimum Gasteiger partial charge on any atom is -0.344 e. The van der Waals surface area contributed by atoms with Crippen molar-refractivity contribution in [3.05, 3.63) is 75.8 Å². The number of fused-ring (bicyclic) bond motifs is 1. The molecule has 10 heteroatoms. The standard InChI is InChI=1S/C20H16ClF3NO3PS/c1-29(27,28)18(16-11-30-17-6-5-14(21)10-15(16)17)19(26)25-8-7-12-3-2-4-13(9-12)20(22,23)24/h2-11,18H,1H3,(H,25,26)(H,27,28).